The molecule has 0 radical (unpaired) electrons. The standard InChI is InChI=1S/C13H24N2O3/c1-4-12(16)11(14-3)9-10(2)15-18-13-7-5-6-8-17-13/h11,13-14H,4-9H2,1-3H3/t11-,13?/m0/s1. The van der Waals surface area contributed by atoms with Gasteiger partial charge in [-0.2, -0.15) is 0 Å². The lowest BCUT2D eigenvalue weighted by Gasteiger charge is -2.20. The molecule has 1 rings (SSSR count). The molecule has 1 aliphatic heterocycles. The van der Waals surface area contributed by atoms with Crippen molar-refractivity contribution in [1.29, 1.82) is 0 Å². The Morgan fingerprint density at radius 2 is 2.33 bits per heavy atom. The lowest BCUT2D eigenvalue weighted by Crippen LogP contribution is -2.35. The van der Waals surface area contributed by atoms with Crippen molar-refractivity contribution in [2.24, 2.45) is 5.16 Å². The second-order valence-electron chi connectivity index (χ2n) is 4.59. The van der Waals surface area contributed by atoms with Crippen LogP contribution in [0.15, 0.2) is 5.16 Å². The van der Waals surface area contributed by atoms with Crippen LogP contribution in [0.1, 0.15) is 46.0 Å². The summed E-state index contributed by atoms with van der Waals surface area (Å²) in [5.74, 6) is 0.195. The first-order valence-electron chi connectivity index (χ1n) is 6.68. The zero-order chi connectivity index (χ0) is 13.4. The van der Waals surface area contributed by atoms with Crippen molar-refractivity contribution in [3.8, 4) is 0 Å². The fourth-order valence-corrected chi connectivity index (χ4v) is 1.90. The summed E-state index contributed by atoms with van der Waals surface area (Å²) in [6, 6.07) is -0.172. The minimum Gasteiger partial charge on any atom is -0.364 e. The first-order chi connectivity index (χ1) is 8.67. The van der Waals surface area contributed by atoms with Crippen LogP contribution < -0.4 is 5.32 Å². The Bertz CT molecular complexity index is 286. The van der Waals surface area contributed by atoms with Gasteiger partial charge in [-0.05, 0) is 26.8 Å². The van der Waals surface area contributed by atoms with E-state index < -0.39 is 0 Å². The highest BCUT2D eigenvalue weighted by Gasteiger charge is 2.17. The smallest absolute Gasteiger partial charge is 0.226 e. The first-order valence-corrected chi connectivity index (χ1v) is 6.68. The van der Waals surface area contributed by atoms with Crippen molar-refractivity contribution in [2.45, 2.75) is 58.3 Å². The van der Waals surface area contributed by atoms with Gasteiger partial charge in [-0.25, -0.2) is 0 Å². The molecule has 5 heteroatoms. The summed E-state index contributed by atoms with van der Waals surface area (Å²) in [7, 11) is 1.79. The van der Waals surface area contributed by atoms with Gasteiger partial charge in [-0.15, -0.1) is 0 Å². The monoisotopic (exact) mass is 256 g/mol. The molecule has 0 saturated carbocycles. The zero-order valence-electron chi connectivity index (χ0n) is 11.6. The number of ketones is 1. The minimum absolute atomic E-state index is 0.172. The van der Waals surface area contributed by atoms with E-state index in [0.29, 0.717) is 12.8 Å². The quantitative estimate of drug-likeness (QED) is 0.558. The fourth-order valence-electron chi connectivity index (χ4n) is 1.90. The molecule has 1 fully saturated rings. The molecule has 1 heterocycles. The summed E-state index contributed by atoms with van der Waals surface area (Å²) < 4.78 is 5.42. The average molecular weight is 256 g/mol. The third-order valence-corrected chi connectivity index (χ3v) is 3.05. The summed E-state index contributed by atoms with van der Waals surface area (Å²) >= 11 is 0. The molecular weight excluding hydrogens is 232 g/mol. The van der Waals surface area contributed by atoms with Crippen LogP contribution in [0.25, 0.3) is 0 Å². The first kappa shape index (κ1) is 15.1. The van der Waals surface area contributed by atoms with Gasteiger partial charge in [0.1, 0.15) is 5.78 Å². The number of nitrogens with zero attached hydrogens (tertiary/aromatic N) is 1. The molecule has 0 amide bonds. The van der Waals surface area contributed by atoms with Crippen molar-refractivity contribution >= 4 is 11.5 Å². The summed E-state index contributed by atoms with van der Waals surface area (Å²) in [5, 5.41) is 7.06. The number of oxime groups is 1. The number of ether oxygens (including phenoxy) is 1. The predicted molar refractivity (Wildman–Crippen MR) is 70.5 cm³/mol. The number of Topliss-reactive ketones (excluding diaryl/α,β-unsaturated/α-hetero) is 1. The molecule has 0 aromatic carbocycles. The average Bonchev–Trinajstić information content (AvgIpc) is 2.42. The summed E-state index contributed by atoms with van der Waals surface area (Å²) in [4.78, 5) is 16.9. The van der Waals surface area contributed by atoms with E-state index in [9.17, 15) is 4.79 Å². The molecule has 0 spiro atoms. The topological polar surface area (TPSA) is 59.9 Å². The molecule has 18 heavy (non-hydrogen) atoms. The van der Waals surface area contributed by atoms with Gasteiger partial charge in [0.15, 0.2) is 0 Å². The van der Waals surface area contributed by atoms with Gasteiger partial charge in [0.05, 0.1) is 18.4 Å². The lowest BCUT2D eigenvalue weighted by atomic mass is 10.1. The highest BCUT2D eigenvalue weighted by molar-refractivity contribution is 5.91. The van der Waals surface area contributed by atoms with Crippen LogP contribution in [0.4, 0.5) is 0 Å². The van der Waals surface area contributed by atoms with Crippen LogP contribution in [0, 0.1) is 0 Å². The molecule has 2 atom stereocenters. The molecule has 5 nitrogen and oxygen atoms in total. The Balaban J connectivity index is 2.37. The Morgan fingerprint density at radius 3 is 2.89 bits per heavy atom. The highest BCUT2D eigenvalue weighted by atomic mass is 16.8. The van der Waals surface area contributed by atoms with Gasteiger partial charge >= 0.3 is 0 Å². The van der Waals surface area contributed by atoms with Crippen molar-refractivity contribution in [2.75, 3.05) is 13.7 Å². The van der Waals surface area contributed by atoms with Gasteiger partial charge < -0.3 is 14.9 Å². The fraction of sp³-hybridized carbons (Fsp3) is 0.846. The molecule has 0 aromatic heterocycles. The third-order valence-electron chi connectivity index (χ3n) is 3.05. The Morgan fingerprint density at radius 1 is 1.56 bits per heavy atom. The second-order valence-corrected chi connectivity index (χ2v) is 4.59. The van der Waals surface area contributed by atoms with Crippen molar-refractivity contribution < 1.29 is 14.4 Å². The van der Waals surface area contributed by atoms with Gasteiger partial charge in [0, 0.05) is 19.3 Å². The third kappa shape index (κ3) is 5.14. The number of rotatable bonds is 7. The van der Waals surface area contributed by atoms with Crippen LogP contribution in [-0.2, 0) is 14.4 Å². The molecule has 1 aliphatic rings. The van der Waals surface area contributed by atoms with E-state index in [1.54, 1.807) is 7.05 Å². The number of hydrogen-bond acceptors (Lipinski definition) is 5. The van der Waals surface area contributed by atoms with Gasteiger partial charge in [-0.1, -0.05) is 12.1 Å². The second kappa shape index (κ2) is 8.21. The summed E-state index contributed by atoms with van der Waals surface area (Å²) in [6.45, 7) is 4.48. The zero-order valence-corrected chi connectivity index (χ0v) is 11.6. The van der Waals surface area contributed by atoms with E-state index in [1.165, 1.54) is 0 Å². The Hall–Kier alpha value is -0.940. The van der Waals surface area contributed by atoms with Gasteiger partial charge in [0.25, 0.3) is 0 Å². The number of carbonyl (C=O) groups is 1. The Kier molecular flexibility index (Phi) is 6.90. The number of carbonyl (C=O) groups excluding carboxylic acids is 1. The van der Waals surface area contributed by atoms with Crippen molar-refractivity contribution in [3.63, 3.8) is 0 Å². The van der Waals surface area contributed by atoms with Crippen molar-refractivity contribution in [3.05, 3.63) is 0 Å². The van der Waals surface area contributed by atoms with E-state index in [2.05, 4.69) is 10.5 Å². The number of hydrogen-bond donors (Lipinski definition) is 1. The Labute approximate surface area is 109 Å². The molecule has 0 aromatic rings. The summed E-state index contributed by atoms with van der Waals surface area (Å²) in [6.07, 6.45) is 3.99. The SMILES string of the molecule is CCC(=O)[C@H](CC(C)=NOC1CCCCO1)NC. The maximum Gasteiger partial charge on any atom is 0.226 e. The van der Waals surface area contributed by atoms with E-state index in [1.807, 2.05) is 13.8 Å². The van der Waals surface area contributed by atoms with E-state index in [0.717, 1.165) is 31.6 Å². The van der Waals surface area contributed by atoms with Crippen LogP contribution >= 0.6 is 0 Å². The summed E-state index contributed by atoms with van der Waals surface area (Å²) in [5.41, 5.74) is 0.810. The maximum absolute atomic E-state index is 11.6. The van der Waals surface area contributed by atoms with E-state index in [-0.39, 0.29) is 18.1 Å². The molecule has 1 N–H and O–H groups in total. The maximum atomic E-state index is 11.6. The largest absolute Gasteiger partial charge is 0.364 e. The van der Waals surface area contributed by atoms with Gasteiger partial charge in [0.2, 0.25) is 6.29 Å². The van der Waals surface area contributed by atoms with Crippen LogP contribution in [-0.4, -0.2) is 37.5 Å². The molecule has 1 unspecified atom stereocenters. The van der Waals surface area contributed by atoms with Crippen LogP contribution in [0.5, 0.6) is 0 Å². The van der Waals surface area contributed by atoms with Gasteiger partial charge in [-0.3, -0.25) is 4.79 Å². The van der Waals surface area contributed by atoms with Crippen molar-refractivity contribution in [1.82, 2.24) is 5.32 Å². The van der Waals surface area contributed by atoms with E-state index in [4.69, 9.17) is 9.57 Å². The van der Waals surface area contributed by atoms with Crippen LogP contribution in [0.3, 0.4) is 0 Å². The molecule has 1 saturated heterocycles. The van der Waals surface area contributed by atoms with Crippen LogP contribution in [0.2, 0.25) is 0 Å². The minimum atomic E-state index is -0.219. The molecule has 0 aliphatic carbocycles. The molecule has 104 valence electrons. The lowest BCUT2D eigenvalue weighted by molar-refractivity contribution is -0.162. The van der Waals surface area contributed by atoms with E-state index >= 15 is 0 Å². The highest BCUT2D eigenvalue weighted by Crippen LogP contribution is 2.14. The molecular formula is C13H24N2O3. The predicted octanol–water partition coefficient (Wildman–Crippen LogP) is 1.86. The molecule has 0 bridgehead atoms. The number of likely N-dealkylation sites (N-methyl/N-ethyl adjacent to an activating group) is 1. The normalized spacial score (nSPS) is 22.6. The number of nitrogens with one attached hydrogen (secondary N) is 1.